The van der Waals surface area contributed by atoms with Crippen molar-refractivity contribution in [2.45, 2.75) is 97.6 Å². The van der Waals surface area contributed by atoms with Crippen molar-refractivity contribution in [3.8, 4) is 22.4 Å². The molecule has 2 aromatic carbocycles. The van der Waals surface area contributed by atoms with Crippen LogP contribution < -0.4 is 10.4 Å². The summed E-state index contributed by atoms with van der Waals surface area (Å²) in [6.07, 6.45) is 5.25. The number of cyclic esters (lactones) is 1. The van der Waals surface area contributed by atoms with Gasteiger partial charge >= 0.3 is 5.97 Å². The molecule has 64 heavy (non-hydrogen) atoms. The normalized spacial score (nSPS) is 22.8. The van der Waals surface area contributed by atoms with E-state index in [9.17, 15) is 27.6 Å². The Morgan fingerprint density at radius 3 is 2.64 bits per heavy atom. The number of nitrogens with zero attached hydrogens (tertiary/aromatic N) is 5. The molecule has 0 spiro atoms. The van der Waals surface area contributed by atoms with Crippen LogP contribution in [0.3, 0.4) is 0 Å². The monoisotopic (exact) mass is 899 g/mol. The van der Waals surface area contributed by atoms with Gasteiger partial charge in [0.25, 0.3) is 8.96 Å². The largest absolute Gasteiger partial charge is 0.464 e. The van der Waals surface area contributed by atoms with Gasteiger partial charge in [-0.2, -0.15) is 4.58 Å². The minimum atomic E-state index is -3.03. The third-order valence-corrected chi connectivity index (χ3v) is 15.4. The predicted molar refractivity (Wildman–Crippen MR) is 241 cm³/mol. The number of rotatable bonds is 9. The number of hydrogen-bond acceptors (Lipinski definition) is 8. The first-order chi connectivity index (χ1) is 30.5. The van der Waals surface area contributed by atoms with E-state index in [1.807, 2.05) is 31.3 Å². The zero-order valence-corrected chi connectivity index (χ0v) is 38.9. The summed E-state index contributed by atoms with van der Waals surface area (Å²) in [7, 11) is 1.22. The van der Waals surface area contributed by atoms with Crippen molar-refractivity contribution in [1.82, 2.24) is 29.9 Å². The highest BCUT2D eigenvalue weighted by Gasteiger charge is 2.56. The molecule has 4 aromatic rings. The molecule has 1 aliphatic carbocycles. The molecule has 4 atom stereocenters. The first-order valence-electron chi connectivity index (χ1n) is 22.4. The molecule has 2 amide bonds. The Morgan fingerprint density at radius 1 is 1.16 bits per heavy atom. The standard InChI is InChI=1S/C48H60F3N7O5Si/c1-8-57-41-12-11-32-21-35(41)38(43(57)37-22-34(26-52-42(37)29(2)62-7)56-16-14-55(6)15-17-56)24-47(3,4)28-63-45(60)40-10-9-13-58(53-40)46(61)64(27-31-18-30(25-49)19-33(32)20-31)54-44(59)36-23-39(36)48(5,50)51/h11-12,16,18-22,26,29,36,39-40,53H,8-10,13-15,17,23-25,27-28H2,1-7H3,(H,54,59)/q+1/t29-,36-,39-,40-/m0/s1. The Kier molecular flexibility index (Phi) is 13.0. The molecule has 16 heteroatoms. The fraction of sp³-hybridized carbons (Fsp3) is 0.521. The number of amides is 2. The highest BCUT2D eigenvalue weighted by atomic mass is 28.3. The Hall–Kier alpha value is -4.90. The minimum Gasteiger partial charge on any atom is -0.464 e. The second kappa shape index (κ2) is 18.2. The summed E-state index contributed by atoms with van der Waals surface area (Å²) in [5, 5.41) is 2.36. The molecule has 2 aromatic heterocycles. The number of likely N-dealkylation sites (N-methyl/N-ethyl adjacent to an activating group) is 1. The second-order valence-corrected chi connectivity index (χ2v) is 20.9. The molecular weight excluding hydrogens is 840 g/mol. The Balaban J connectivity index is 1.29. The molecule has 1 saturated heterocycles. The highest BCUT2D eigenvalue weighted by molar-refractivity contribution is 6.88. The van der Waals surface area contributed by atoms with Crippen molar-refractivity contribution >= 4 is 49.2 Å². The third kappa shape index (κ3) is 9.42. The lowest BCUT2D eigenvalue weighted by atomic mass is 9.84. The van der Waals surface area contributed by atoms with Gasteiger partial charge in [-0.25, -0.2) is 18.6 Å². The van der Waals surface area contributed by atoms with Crippen molar-refractivity contribution in [2.24, 2.45) is 17.3 Å². The Bertz CT molecular complexity index is 2490. The van der Waals surface area contributed by atoms with E-state index in [0.717, 1.165) is 76.8 Å². The lowest BCUT2D eigenvalue weighted by molar-refractivity contribution is -0.443. The molecule has 6 bridgehead atoms. The number of pyridine rings is 1. The molecule has 4 aliphatic rings. The van der Waals surface area contributed by atoms with Gasteiger partial charge in [-0.1, -0.05) is 32.0 Å². The van der Waals surface area contributed by atoms with E-state index in [1.54, 1.807) is 13.2 Å². The molecular formula is C48H60F3N7O5Si+. The Labute approximate surface area is 374 Å². The highest BCUT2D eigenvalue weighted by Crippen LogP contribution is 2.49. The van der Waals surface area contributed by atoms with E-state index in [2.05, 4.69) is 76.7 Å². The van der Waals surface area contributed by atoms with Crippen LogP contribution in [0.5, 0.6) is 0 Å². The van der Waals surface area contributed by atoms with Crippen LogP contribution in [0.1, 0.15) is 82.4 Å². The van der Waals surface area contributed by atoms with Gasteiger partial charge in [0.2, 0.25) is 23.0 Å². The first-order valence-corrected chi connectivity index (χ1v) is 24.1. The van der Waals surface area contributed by atoms with Gasteiger partial charge in [0.1, 0.15) is 12.7 Å². The van der Waals surface area contributed by atoms with Crippen LogP contribution >= 0.6 is 0 Å². The van der Waals surface area contributed by atoms with Crippen LogP contribution in [0.15, 0.2) is 48.7 Å². The van der Waals surface area contributed by atoms with Gasteiger partial charge in [0.15, 0.2) is 12.8 Å². The average molecular weight is 900 g/mol. The van der Waals surface area contributed by atoms with E-state index < -0.39 is 62.3 Å². The number of hydrazine groups is 1. The lowest BCUT2D eigenvalue weighted by Crippen LogP contribution is -2.62. The molecule has 3 aliphatic heterocycles. The maximum absolute atomic E-state index is 14.8. The van der Waals surface area contributed by atoms with E-state index in [1.165, 1.54) is 5.01 Å². The van der Waals surface area contributed by atoms with Gasteiger partial charge in [0.05, 0.1) is 43.4 Å². The van der Waals surface area contributed by atoms with Crippen LogP contribution in [0.25, 0.3) is 33.3 Å². The van der Waals surface area contributed by atoms with Crippen molar-refractivity contribution in [1.29, 1.82) is 0 Å². The van der Waals surface area contributed by atoms with E-state index in [4.69, 9.17) is 14.5 Å². The number of methoxy groups -OCH3 is 1. The number of nitrogens with one attached hydrogen (secondary N) is 2. The molecule has 1 radical (unpaired) electrons. The van der Waals surface area contributed by atoms with Crippen molar-refractivity contribution < 1.29 is 41.6 Å². The summed E-state index contributed by atoms with van der Waals surface area (Å²) in [5.74, 6) is -6.13. The van der Waals surface area contributed by atoms with Crippen LogP contribution in [0.2, 0.25) is 0 Å². The average Bonchev–Trinajstić information content (AvgIpc) is 4.06. The van der Waals surface area contributed by atoms with Crippen molar-refractivity contribution in [3.63, 3.8) is 0 Å². The van der Waals surface area contributed by atoms with E-state index in [-0.39, 0.29) is 31.7 Å². The number of fused-ring (bicyclic) bond motifs is 6. The number of esters is 1. The molecule has 2 fully saturated rings. The topological polar surface area (TPSA) is 121 Å². The van der Waals surface area contributed by atoms with Gasteiger partial charge in [-0.05, 0) is 106 Å². The molecule has 2 N–H and O–H groups in total. The van der Waals surface area contributed by atoms with Gasteiger partial charge in [-0.15, -0.1) is 0 Å². The van der Waals surface area contributed by atoms with Crippen LogP contribution in [0.4, 0.5) is 23.7 Å². The maximum atomic E-state index is 14.8. The number of hydrogen-bond donors (Lipinski definition) is 2. The lowest BCUT2D eigenvalue weighted by Gasteiger charge is -2.35. The summed E-state index contributed by atoms with van der Waals surface area (Å²) < 4.78 is 59.9. The van der Waals surface area contributed by atoms with E-state index in [0.29, 0.717) is 36.9 Å². The molecule has 1 saturated carbocycles. The Morgan fingerprint density at radius 2 is 1.95 bits per heavy atom. The predicted octanol–water partition coefficient (Wildman–Crippen LogP) is 7.50. The van der Waals surface area contributed by atoms with Crippen molar-refractivity contribution in [2.75, 3.05) is 46.9 Å². The smallest absolute Gasteiger partial charge is 0.324 e. The quantitative estimate of drug-likeness (QED) is 0.101. The van der Waals surface area contributed by atoms with Crippen LogP contribution in [-0.2, 0) is 44.7 Å². The third-order valence-electron chi connectivity index (χ3n) is 13.3. The maximum Gasteiger partial charge on any atom is 0.324 e. The zero-order chi connectivity index (χ0) is 45.7. The van der Waals surface area contributed by atoms with Crippen LogP contribution in [0, 0.1) is 17.3 Å². The summed E-state index contributed by atoms with van der Waals surface area (Å²) in [4.78, 5) is 52.0. The summed E-state index contributed by atoms with van der Waals surface area (Å²) >= 11 is 0. The summed E-state index contributed by atoms with van der Waals surface area (Å²) in [6, 6.07) is 13.1. The summed E-state index contributed by atoms with van der Waals surface area (Å²) in [6.45, 7) is 11.9. The second-order valence-electron chi connectivity index (χ2n) is 18.9. The van der Waals surface area contributed by atoms with Crippen LogP contribution in [-0.4, -0.2) is 116 Å². The first kappa shape index (κ1) is 45.7. The number of carbonyl (C=O) groups excluding carboxylic acids is 3. The van der Waals surface area contributed by atoms with Gasteiger partial charge < -0.3 is 19.0 Å². The molecule has 5 heterocycles. The van der Waals surface area contributed by atoms with E-state index >= 15 is 0 Å². The molecule has 8 rings (SSSR count). The molecule has 12 nitrogen and oxygen atoms in total. The molecule has 341 valence electrons. The van der Waals surface area contributed by atoms with Gasteiger partial charge in [0, 0.05) is 60.0 Å². The number of alkyl halides is 3. The number of halogens is 3. The number of aromatic nitrogens is 2. The number of aryl methyl sites for hydroxylation is 1. The fourth-order valence-electron chi connectivity index (χ4n) is 9.53. The fourth-order valence-corrected chi connectivity index (χ4v) is 11.5. The molecule has 0 unspecified atom stereocenters. The number of carbonyl (C=O) groups is 3. The minimum absolute atomic E-state index is 0.0296. The SMILES string of the molecule is CCn1c(-c2cc([N+]3=CCN(C)CC3)cnc2[C@H](C)OC)c2c3cc(ccc31)-c1cc(CF)cc(c1)C[Si](NC(=O)[C@H]1C[C@@H]1C(C)(F)F)C(=O)N1CCC[C@H](N1)C(=O)OCC(C)(C)C2. The number of ether oxygens (including phenoxy) is 2. The van der Waals surface area contributed by atoms with Crippen molar-refractivity contribution in [3.05, 3.63) is 71.0 Å². The zero-order valence-electron chi connectivity index (χ0n) is 37.9. The van der Waals surface area contributed by atoms with Gasteiger partial charge in [-0.3, -0.25) is 29.3 Å². The summed E-state index contributed by atoms with van der Waals surface area (Å²) in [5.41, 5.74) is 10.4. The number of benzene rings is 2.